The van der Waals surface area contributed by atoms with Gasteiger partial charge in [-0.15, -0.1) is 0 Å². The molecule has 1 aromatic carbocycles. The Balaban J connectivity index is 2.40. The van der Waals surface area contributed by atoms with E-state index in [9.17, 15) is 4.79 Å². The summed E-state index contributed by atoms with van der Waals surface area (Å²) in [6.45, 7) is 2.41. The molecule has 1 aliphatic rings. The van der Waals surface area contributed by atoms with Crippen molar-refractivity contribution in [3.63, 3.8) is 0 Å². The largest absolute Gasteiger partial charge is 0.497 e. The maximum Gasteiger partial charge on any atom is 0.276 e. The maximum atomic E-state index is 12.1. The molecule has 0 radical (unpaired) electrons. The highest BCUT2D eigenvalue weighted by Gasteiger charge is 2.29. The molecule has 0 saturated carbocycles. The van der Waals surface area contributed by atoms with Crippen LogP contribution in [0.1, 0.15) is 12.5 Å². The van der Waals surface area contributed by atoms with Crippen molar-refractivity contribution in [1.82, 2.24) is 10.2 Å². The van der Waals surface area contributed by atoms with E-state index in [1.807, 2.05) is 6.92 Å². The quantitative estimate of drug-likeness (QED) is 0.677. The Hall–Kier alpha value is -2.08. The Morgan fingerprint density at radius 2 is 2.10 bits per heavy atom. The van der Waals surface area contributed by atoms with Crippen LogP contribution >= 0.6 is 12.2 Å². The normalized spacial score (nSPS) is 16.6. The van der Waals surface area contributed by atoms with Crippen molar-refractivity contribution in [2.45, 2.75) is 6.92 Å². The van der Waals surface area contributed by atoms with Crippen LogP contribution in [0.15, 0.2) is 23.9 Å². The van der Waals surface area contributed by atoms with Crippen molar-refractivity contribution in [2.24, 2.45) is 0 Å². The Morgan fingerprint density at radius 3 is 2.65 bits per heavy atom. The van der Waals surface area contributed by atoms with Gasteiger partial charge in [-0.1, -0.05) is 0 Å². The number of thiocarbonyl (C=S) groups is 1. The summed E-state index contributed by atoms with van der Waals surface area (Å²) in [5.41, 5.74) is 1.19. The molecule has 20 heavy (non-hydrogen) atoms. The molecule has 0 aliphatic carbocycles. The fourth-order valence-corrected chi connectivity index (χ4v) is 2.29. The van der Waals surface area contributed by atoms with Crippen LogP contribution in [-0.2, 0) is 4.79 Å². The zero-order chi connectivity index (χ0) is 14.7. The van der Waals surface area contributed by atoms with E-state index in [1.165, 1.54) is 4.90 Å². The third-order valence-corrected chi connectivity index (χ3v) is 3.34. The number of nitrogens with one attached hydrogen (secondary N) is 1. The summed E-state index contributed by atoms with van der Waals surface area (Å²) in [5, 5.41) is 3.34. The lowest BCUT2D eigenvalue weighted by Crippen LogP contribution is -2.30. The lowest BCUT2D eigenvalue weighted by atomic mass is 10.1. The molecule has 0 atom stereocenters. The minimum atomic E-state index is -0.137. The van der Waals surface area contributed by atoms with Crippen LogP contribution in [0.25, 0.3) is 6.08 Å². The molecule has 0 bridgehead atoms. The summed E-state index contributed by atoms with van der Waals surface area (Å²) < 4.78 is 10.5. The van der Waals surface area contributed by atoms with Gasteiger partial charge >= 0.3 is 0 Å². The number of likely N-dealkylation sites (N-methyl/N-ethyl adjacent to an activating group) is 1. The van der Waals surface area contributed by atoms with E-state index in [4.69, 9.17) is 21.7 Å². The van der Waals surface area contributed by atoms with E-state index in [2.05, 4.69) is 5.32 Å². The molecule has 2 rings (SSSR count). The van der Waals surface area contributed by atoms with Gasteiger partial charge in [-0.3, -0.25) is 9.69 Å². The first-order valence-electron chi connectivity index (χ1n) is 6.17. The van der Waals surface area contributed by atoms with Crippen molar-refractivity contribution < 1.29 is 14.3 Å². The fourth-order valence-electron chi connectivity index (χ4n) is 1.97. The Bertz CT molecular complexity index is 584. The molecule has 106 valence electrons. The highest BCUT2D eigenvalue weighted by molar-refractivity contribution is 7.80. The molecule has 1 aliphatic heterocycles. The summed E-state index contributed by atoms with van der Waals surface area (Å²) >= 11 is 5.12. The van der Waals surface area contributed by atoms with E-state index in [1.54, 1.807) is 38.5 Å². The molecule has 1 N–H and O–H groups in total. The number of methoxy groups -OCH3 is 2. The molecule has 1 heterocycles. The lowest BCUT2D eigenvalue weighted by molar-refractivity contribution is -0.122. The number of nitrogens with zero attached hydrogens (tertiary/aromatic N) is 1. The Labute approximate surface area is 123 Å². The molecule has 0 aromatic heterocycles. The lowest BCUT2D eigenvalue weighted by Gasteiger charge is -2.09. The standard InChI is InChI=1S/C14H16N2O3S/c1-4-16-13(17)11(15-14(16)20)8-9-7-10(18-2)5-6-12(9)19-3/h5-8H,4H2,1-3H3,(H,15,20)/b11-8+. The van der Waals surface area contributed by atoms with Gasteiger partial charge in [0.2, 0.25) is 0 Å². The monoisotopic (exact) mass is 292 g/mol. The van der Waals surface area contributed by atoms with E-state index in [-0.39, 0.29) is 5.91 Å². The Morgan fingerprint density at radius 1 is 1.35 bits per heavy atom. The minimum absolute atomic E-state index is 0.137. The predicted octanol–water partition coefficient (Wildman–Crippen LogP) is 1.78. The first-order valence-corrected chi connectivity index (χ1v) is 6.58. The van der Waals surface area contributed by atoms with Crippen LogP contribution in [0.4, 0.5) is 0 Å². The third-order valence-electron chi connectivity index (χ3n) is 3.02. The van der Waals surface area contributed by atoms with E-state index >= 15 is 0 Å². The minimum Gasteiger partial charge on any atom is -0.497 e. The molecule has 1 amide bonds. The molecule has 1 saturated heterocycles. The van der Waals surface area contributed by atoms with Gasteiger partial charge in [-0.05, 0) is 43.4 Å². The second kappa shape index (κ2) is 5.92. The molecule has 0 spiro atoms. The summed E-state index contributed by atoms with van der Waals surface area (Å²) in [6, 6.07) is 5.40. The molecule has 5 nitrogen and oxygen atoms in total. The highest BCUT2D eigenvalue weighted by Crippen LogP contribution is 2.26. The number of ether oxygens (including phenoxy) is 2. The van der Waals surface area contributed by atoms with Crippen molar-refractivity contribution in [3.8, 4) is 11.5 Å². The van der Waals surface area contributed by atoms with Crippen LogP contribution in [0.2, 0.25) is 0 Å². The van der Waals surface area contributed by atoms with Crippen molar-refractivity contribution in [3.05, 3.63) is 29.5 Å². The van der Waals surface area contributed by atoms with E-state index < -0.39 is 0 Å². The number of hydrogen-bond donors (Lipinski definition) is 1. The van der Waals surface area contributed by atoms with Crippen LogP contribution in [0.3, 0.4) is 0 Å². The number of hydrogen-bond acceptors (Lipinski definition) is 4. The van der Waals surface area contributed by atoms with Gasteiger partial charge in [0.1, 0.15) is 17.2 Å². The summed E-state index contributed by atoms with van der Waals surface area (Å²) in [7, 11) is 3.17. The Kier molecular flexibility index (Phi) is 4.24. The van der Waals surface area contributed by atoms with Gasteiger partial charge in [-0.25, -0.2) is 0 Å². The van der Waals surface area contributed by atoms with Gasteiger partial charge in [0.15, 0.2) is 5.11 Å². The summed E-state index contributed by atoms with van der Waals surface area (Å²) in [5.74, 6) is 1.22. The van der Waals surface area contributed by atoms with Gasteiger partial charge < -0.3 is 14.8 Å². The van der Waals surface area contributed by atoms with Gasteiger partial charge in [0.25, 0.3) is 5.91 Å². The average molecular weight is 292 g/mol. The van der Waals surface area contributed by atoms with Crippen LogP contribution in [0, 0.1) is 0 Å². The second-order valence-electron chi connectivity index (χ2n) is 4.15. The average Bonchev–Trinajstić information content (AvgIpc) is 2.72. The second-order valence-corrected chi connectivity index (χ2v) is 4.53. The number of carbonyl (C=O) groups excluding carboxylic acids is 1. The summed E-state index contributed by atoms with van der Waals surface area (Å²) in [4.78, 5) is 13.6. The number of amides is 1. The molecule has 6 heteroatoms. The predicted molar refractivity (Wildman–Crippen MR) is 80.6 cm³/mol. The van der Waals surface area contributed by atoms with Gasteiger partial charge in [0, 0.05) is 12.1 Å². The third kappa shape index (κ3) is 2.60. The maximum absolute atomic E-state index is 12.1. The molecule has 1 fully saturated rings. The van der Waals surface area contributed by atoms with E-state index in [0.717, 1.165) is 5.56 Å². The molecular formula is C14H16N2O3S. The van der Waals surface area contributed by atoms with Crippen molar-refractivity contribution >= 4 is 29.3 Å². The topological polar surface area (TPSA) is 50.8 Å². The van der Waals surface area contributed by atoms with Gasteiger partial charge in [0.05, 0.1) is 14.2 Å². The van der Waals surface area contributed by atoms with E-state index in [0.29, 0.717) is 28.9 Å². The number of benzene rings is 1. The summed E-state index contributed by atoms with van der Waals surface area (Å²) in [6.07, 6.45) is 1.71. The van der Waals surface area contributed by atoms with Crippen molar-refractivity contribution in [2.75, 3.05) is 20.8 Å². The first-order chi connectivity index (χ1) is 9.60. The zero-order valence-electron chi connectivity index (χ0n) is 11.6. The molecular weight excluding hydrogens is 276 g/mol. The molecule has 1 aromatic rings. The number of carbonyl (C=O) groups is 1. The molecule has 0 unspecified atom stereocenters. The smallest absolute Gasteiger partial charge is 0.276 e. The SMILES string of the molecule is CCN1C(=O)/C(=C\c2cc(OC)ccc2OC)NC1=S. The van der Waals surface area contributed by atoms with Gasteiger partial charge in [-0.2, -0.15) is 0 Å². The first kappa shape index (κ1) is 14.3. The zero-order valence-corrected chi connectivity index (χ0v) is 12.4. The van der Waals surface area contributed by atoms with Crippen LogP contribution in [0.5, 0.6) is 11.5 Å². The highest BCUT2D eigenvalue weighted by atomic mass is 32.1. The van der Waals surface area contributed by atoms with Crippen molar-refractivity contribution in [1.29, 1.82) is 0 Å². The van der Waals surface area contributed by atoms with Crippen LogP contribution < -0.4 is 14.8 Å². The van der Waals surface area contributed by atoms with Crippen LogP contribution in [-0.4, -0.2) is 36.7 Å². The fraction of sp³-hybridized carbons (Fsp3) is 0.286. The number of rotatable bonds is 4.